The summed E-state index contributed by atoms with van der Waals surface area (Å²) in [7, 11) is 0. The predicted octanol–water partition coefficient (Wildman–Crippen LogP) is 4.89. The molecule has 2 N–H and O–H groups in total. The number of aryl methyl sites for hydroxylation is 2. The molecule has 0 bridgehead atoms. The first kappa shape index (κ1) is 18.3. The third kappa shape index (κ3) is 3.42. The van der Waals surface area contributed by atoms with Crippen LogP contribution in [-0.4, -0.2) is 27.1 Å². The average Bonchev–Trinajstić information content (AvgIpc) is 2.96. The van der Waals surface area contributed by atoms with Gasteiger partial charge in [-0.2, -0.15) is 0 Å². The van der Waals surface area contributed by atoms with Gasteiger partial charge in [-0.1, -0.05) is 50.1 Å². The summed E-state index contributed by atoms with van der Waals surface area (Å²) in [6, 6.07) is 7.64. The molecule has 2 aromatic heterocycles. The maximum absolute atomic E-state index is 11.7. The minimum absolute atomic E-state index is 0.0138. The fraction of sp³-hybridized carbons (Fsp3) is 0.350. The normalized spacial score (nSPS) is 13.5. The van der Waals surface area contributed by atoms with Gasteiger partial charge in [0.15, 0.2) is 0 Å². The molecule has 2 heterocycles. The lowest BCUT2D eigenvalue weighted by Crippen LogP contribution is -2.35. The van der Waals surface area contributed by atoms with Crippen molar-refractivity contribution >= 4 is 33.3 Å². The van der Waals surface area contributed by atoms with Gasteiger partial charge in [-0.25, -0.2) is 14.8 Å². The Balaban J connectivity index is 2.15. The van der Waals surface area contributed by atoms with Crippen LogP contribution in [0.3, 0.4) is 0 Å². The maximum atomic E-state index is 11.7. The zero-order valence-electron chi connectivity index (χ0n) is 15.4. The van der Waals surface area contributed by atoms with Crippen molar-refractivity contribution in [2.45, 2.75) is 40.2 Å². The molecule has 3 rings (SSSR count). The summed E-state index contributed by atoms with van der Waals surface area (Å²) in [5.41, 5.74) is 3.36. The highest BCUT2D eigenvalue weighted by Crippen LogP contribution is 2.40. The summed E-state index contributed by atoms with van der Waals surface area (Å²) in [5.74, 6) is -0.294. The lowest BCUT2D eigenvalue weighted by Gasteiger charge is -2.21. The molecule has 0 saturated heterocycles. The number of benzene rings is 1. The number of anilines is 1. The van der Waals surface area contributed by atoms with Gasteiger partial charge in [0, 0.05) is 10.4 Å². The van der Waals surface area contributed by atoms with Gasteiger partial charge in [-0.3, -0.25) is 0 Å². The third-order valence-corrected chi connectivity index (χ3v) is 5.79. The molecule has 6 heteroatoms. The van der Waals surface area contributed by atoms with E-state index in [1.54, 1.807) is 11.3 Å². The van der Waals surface area contributed by atoms with Crippen LogP contribution in [0.15, 0.2) is 30.6 Å². The topological polar surface area (TPSA) is 75.1 Å². The maximum Gasteiger partial charge on any atom is 0.326 e. The molecular formula is C20H23N3O2S. The van der Waals surface area contributed by atoms with Crippen molar-refractivity contribution in [1.29, 1.82) is 0 Å². The summed E-state index contributed by atoms with van der Waals surface area (Å²) in [4.78, 5) is 22.5. The van der Waals surface area contributed by atoms with Crippen LogP contribution in [0.4, 0.5) is 5.82 Å². The van der Waals surface area contributed by atoms with Gasteiger partial charge in [0.2, 0.25) is 0 Å². The van der Waals surface area contributed by atoms with Crippen LogP contribution in [0, 0.1) is 19.8 Å². The Labute approximate surface area is 157 Å². The monoisotopic (exact) mass is 369 g/mol. The molecule has 0 saturated carbocycles. The Bertz CT molecular complexity index is 934. The summed E-state index contributed by atoms with van der Waals surface area (Å²) in [6.07, 6.45) is 2.26. The summed E-state index contributed by atoms with van der Waals surface area (Å²) < 4.78 is 0. The lowest BCUT2D eigenvalue weighted by molar-refractivity contribution is -0.139. The van der Waals surface area contributed by atoms with E-state index in [1.807, 2.05) is 13.8 Å². The number of carboxylic acids is 1. The van der Waals surface area contributed by atoms with Gasteiger partial charge >= 0.3 is 5.97 Å². The number of hydrogen-bond acceptors (Lipinski definition) is 5. The zero-order valence-corrected chi connectivity index (χ0v) is 16.2. The first-order valence-electron chi connectivity index (χ1n) is 8.72. The van der Waals surface area contributed by atoms with Crippen molar-refractivity contribution in [3.05, 3.63) is 41.0 Å². The van der Waals surface area contributed by atoms with E-state index < -0.39 is 12.0 Å². The number of thiophene rings is 1. The number of fused-ring (bicyclic) bond motifs is 1. The van der Waals surface area contributed by atoms with Crippen molar-refractivity contribution in [1.82, 2.24) is 9.97 Å². The van der Waals surface area contributed by atoms with Crippen LogP contribution in [-0.2, 0) is 4.79 Å². The molecule has 1 aromatic carbocycles. The Morgan fingerprint density at radius 2 is 1.92 bits per heavy atom. The lowest BCUT2D eigenvalue weighted by atomic mass is 9.98. The second-order valence-corrected chi connectivity index (χ2v) is 7.85. The molecule has 2 unspecified atom stereocenters. The highest BCUT2D eigenvalue weighted by Gasteiger charge is 2.26. The first-order valence-corrected chi connectivity index (χ1v) is 9.54. The van der Waals surface area contributed by atoms with E-state index in [1.165, 1.54) is 11.9 Å². The number of aliphatic carboxylic acids is 1. The zero-order chi connectivity index (χ0) is 18.8. The molecule has 0 fully saturated rings. The fourth-order valence-corrected chi connectivity index (χ4v) is 4.06. The second kappa shape index (κ2) is 7.41. The Kier molecular flexibility index (Phi) is 5.23. The number of hydrogen-bond donors (Lipinski definition) is 2. The van der Waals surface area contributed by atoms with Gasteiger partial charge in [-0.15, -0.1) is 11.3 Å². The molecule has 5 nitrogen and oxygen atoms in total. The Morgan fingerprint density at radius 3 is 2.54 bits per heavy atom. The largest absolute Gasteiger partial charge is 0.480 e. The van der Waals surface area contributed by atoms with E-state index in [2.05, 4.69) is 53.4 Å². The smallest absolute Gasteiger partial charge is 0.326 e. The minimum atomic E-state index is -0.866. The van der Waals surface area contributed by atoms with Gasteiger partial charge in [0.25, 0.3) is 0 Å². The van der Waals surface area contributed by atoms with E-state index in [0.29, 0.717) is 5.82 Å². The van der Waals surface area contributed by atoms with Crippen LogP contribution in [0.1, 0.15) is 30.7 Å². The molecule has 0 radical (unpaired) electrons. The van der Waals surface area contributed by atoms with Crippen molar-refractivity contribution < 1.29 is 9.90 Å². The fourth-order valence-electron chi connectivity index (χ4n) is 3.05. The Hall–Kier alpha value is -2.47. The highest BCUT2D eigenvalue weighted by atomic mass is 32.1. The quantitative estimate of drug-likeness (QED) is 0.647. The average molecular weight is 369 g/mol. The van der Waals surface area contributed by atoms with Crippen molar-refractivity contribution in [3.63, 3.8) is 0 Å². The molecule has 26 heavy (non-hydrogen) atoms. The highest BCUT2D eigenvalue weighted by molar-refractivity contribution is 7.19. The van der Waals surface area contributed by atoms with Crippen molar-refractivity contribution in [2.75, 3.05) is 5.32 Å². The number of rotatable bonds is 6. The SMILES string of the molecule is CCC(C)C(Nc1ncnc2sc(C)c(-c3ccc(C)cc3)c12)C(=O)O. The van der Waals surface area contributed by atoms with E-state index in [4.69, 9.17) is 0 Å². The summed E-state index contributed by atoms with van der Waals surface area (Å²) >= 11 is 1.60. The molecule has 136 valence electrons. The van der Waals surface area contributed by atoms with Crippen LogP contribution < -0.4 is 5.32 Å². The second-order valence-electron chi connectivity index (χ2n) is 6.65. The van der Waals surface area contributed by atoms with Crippen molar-refractivity contribution in [2.24, 2.45) is 5.92 Å². The standard InChI is InChI=1S/C20H23N3O2S/c1-5-12(3)17(20(24)25)23-18-16-15(14-8-6-11(2)7-9-14)13(4)26-19(16)22-10-21-18/h6-10,12,17H,5H2,1-4H3,(H,24,25)(H,21,22,23). The summed E-state index contributed by atoms with van der Waals surface area (Å²) in [6.45, 7) is 8.05. The van der Waals surface area contributed by atoms with Gasteiger partial charge in [0.1, 0.15) is 23.0 Å². The van der Waals surface area contributed by atoms with Crippen LogP contribution in [0.5, 0.6) is 0 Å². The number of aromatic nitrogens is 2. The van der Waals surface area contributed by atoms with Crippen LogP contribution >= 0.6 is 11.3 Å². The molecular weight excluding hydrogens is 346 g/mol. The molecule has 2 atom stereocenters. The number of nitrogens with zero attached hydrogens (tertiary/aromatic N) is 2. The minimum Gasteiger partial charge on any atom is -0.480 e. The number of carbonyl (C=O) groups is 1. The molecule has 0 spiro atoms. The van der Waals surface area contributed by atoms with Crippen molar-refractivity contribution in [3.8, 4) is 11.1 Å². The van der Waals surface area contributed by atoms with Gasteiger partial charge in [-0.05, 0) is 25.3 Å². The van der Waals surface area contributed by atoms with E-state index in [9.17, 15) is 9.90 Å². The number of carboxylic acid groups (broad SMARTS) is 1. The predicted molar refractivity (Wildman–Crippen MR) is 107 cm³/mol. The Morgan fingerprint density at radius 1 is 1.23 bits per heavy atom. The van der Waals surface area contributed by atoms with Gasteiger partial charge < -0.3 is 10.4 Å². The molecule has 0 aliphatic heterocycles. The van der Waals surface area contributed by atoms with Gasteiger partial charge in [0.05, 0.1) is 5.39 Å². The van der Waals surface area contributed by atoms with E-state index in [-0.39, 0.29) is 5.92 Å². The molecule has 3 aromatic rings. The number of nitrogens with one attached hydrogen (secondary N) is 1. The van der Waals surface area contributed by atoms with E-state index in [0.717, 1.165) is 32.6 Å². The van der Waals surface area contributed by atoms with Crippen LogP contribution in [0.25, 0.3) is 21.3 Å². The summed E-state index contributed by atoms with van der Waals surface area (Å²) in [5, 5.41) is 13.7. The van der Waals surface area contributed by atoms with E-state index >= 15 is 0 Å². The van der Waals surface area contributed by atoms with Crippen LogP contribution in [0.2, 0.25) is 0 Å². The molecule has 0 aliphatic rings. The first-order chi connectivity index (χ1) is 12.4. The molecule has 0 aliphatic carbocycles. The molecule has 0 amide bonds. The third-order valence-electron chi connectivity index (χ3n) is 4.78.